The van der Waals surface area contributed by atoms with E-state index in [0.29, 0.717) is 28.8 Å². The number of methoxy groups -OCH3 is 2. The molecule has 3 aromatic rings. The van der Waals surface area contributed by atoms with Gasteiger partial charge < -0.3 is 18.8 Å². The largest absolute Gasteiger partial charge is 0.493 e. The highest BCUT2D eigenvalue weighted by Crippen LogP contribution is 2.31. The summed E-state index contributed by atoms with van der Waals surface area (Å²) in [6.45, 7) is 2.19. The van der Waals surface area contributed by atoms with Crippen molar-refractivity contribution in [2.45, 2.75) is 13.5 Å². The molecule has 3 rings (SSSR count). The van der Waals surface area contributed by atoms with Gasteiger partial charge in [-0.1, -0.05) is 23.8 Å². The molecule has 0 unspecified atom stereocenters. The summed E-state index contributed by atoms with van der Waals surface area (Å²) in [5.74, 6) is 1.42. The van der Waals surface area contributed by atoms with Crippen molar-refractivity contribution in [2.24, 2.45) is 0 Å². The first-order chi connectivity index (χ1) is 13.0. The first-order valence-corrected chi connectivity index (χ1v) is 8.39. The minimum Gasteiger partial charge on any atom is -0.493 e. The Morgan fingerprint density at radius 1 is 1.07 bits per heavy atom. The number of carbonyl (C=O) groups is 1. The lowest BCUT2D eigenvalue weighted by Gasteiger charge is -2.18. The van der Waals surface area contributed by atoms with Crippen LogP contribution in [0.4, 0.5) is 0 Å². The maximum Gasteiger partial charge on any atom is 0.257 e. The summed E-state index contributed by atoms with van der Waals surface area (Å²) in [5.41, 5.74) is 2.39. The number of carbonyl (C=O) groups excluding carboxylic acids is 1. The van der Waals surface area contributed by atoms with Gasteiger partial charge >= 0.3 is 0 Å². The van der Waals surface area contributed by atoms with Crippen LogP contribution in [-0.4, -0.2) is 42.3 Å². The van der Waals surface area contributed by atoms with Gasteiger partial charge in [-0.05, 0) is 31.2 Å². The van der Waals surface area contributed by atoms with Gasteiger partial charge in [-0.2, -0.15) is 0 Å². The van der Waals surface area contributed by atoms with E-state index < -0.39 is 0 Å². The molecular weight excluding hydrogens is 346 g/mol. The van der Waals surface area contributed by atoms with Crippen LogP contribution in [0.1, 0.15) is 21.8 Å². The van der Waals surface area contributed by atoms with Crippen LogP contribution in [0.3, 0.4) is 0 Å². The van der Waals surface area contributed by atoms with Crippen LogP contribution < -0.4 is 9.47 Å². The molecular formula is C20H21N3O4. The zero-order valence-corrected chi connectivity index (χ0v) is 15.7. The van der Waals surface area contributed by atoms with Crippen LogP contribution in [0, 0.1) is 6.92 Å². The van der Waals surface area contributed by atoms with Gasteiger partial charge in [0.05, 0.1) is 26.3 Å². The van der Waals surface area contributed by atoms with E-state index in [2.05, 4.69) is 10.2 Å². The van der Waals surface area contributed by atoms with Crippen molar-refractivity contribution in [3.8, 4) is 23.0 Å². The quantitative estimate of drug-likeness (QED) is 0.665. The van der Waals surface area contributed by atoms with Crippen LogP contribution in [0.5, 0.6) is 11.5 Å². The maximum absolute atomic E-state index is 12.8. The fourth-order valence-electron chi connectivity index (χ4n) is 2.67. The minimum atomic E-state index is -0.235. The number of rotatable bonds is 6. The summed E-state index contributed by atoms with van der Waals surface area (Å²) in [4.78, 5) is 14.3. The minimum absolute atomic E-state index is 0.179. The van der Waals surface area contributed by atoms with Gasteiger partial charge in [0.25, 0.3) is 5.91 Å². The van der Waals surface area contributed by atoms with Crippen molar-refractivity contribution in [3.05, 3.63) is 59.5 Å². The Hall–Kier alpha value is -3.35. The van der Waals surface area contributed by atoms with Gasteiger partial charge in [0.1, 0.15) is 0 Å². The molecule has 0 saturated carbocycles. The Balaban J connectivity index is 1.77. The summed E-state index contributed by atoms with van der Waals surface area (Å²) >= 11 is 0. The van der Waals surface area contributed by atoms with Crippen molar-refractivity contribution in [1.82, 2.24) is 15.1 Å². The standard InChI is InChI=1S/C20H21N3O4/c1-13-8-10-14(11-9-13)19-22-21-17(27-19)12-23(2)20(24)15-6-5-7-16(25-3)18(15)26-4/h5-11H,12H2,1-4H3. The third kappa shape index (κ3) is 3.92. The van der Waals surface area contributed by atoms with E-state index >= 15 is 0 Å². The molecule has 0 saturated heterocycles. The lowest BCUT2D eigenvalue weighted by Crippen LogP contribution is -2.26. The fraction of sp³-hybridized carbons (Fsp3) is 0.250. The Bertz CT molecular complexity index is 935. The van der Waals surface area contributed by atoms with Crippen molar-refractivity contribution >= 4 is 5.91 Å². The topological polar surface area (TPSA) is 77.7 Å². The number of amides is 1. The molecule has 0 N–H and O–H groups in total. The number of benzene rings is 2. The first-order valence-electron chi connectivity index (χ1n) is 8.39. The third-order valence-corrected chi connectivity index (χ3v) is 4.12. The molecule has 0 fully saturated rings. The number of aromatic nitrogens is 2. The molecule has 0 radical (unpaired) electrons. The van der Waals surface area contributed by atoms with Crippen molar-refractivity contribution in [1.29, 1.82) is 0 Å². The normalized spacial score (nSPS) is 10.5. The van der Waals surface area contributed by atoms with Crippen molar-refractivity contribution < 1.29 is 18.7 Å². The monoisotopic (exact) mass is 367 g/mol. The van der Waals surface area contributed by atoms with E-state index in [0.717, 1.165) is 11.1 Å². The van der Waals surface area contributed by atoms with Gasteiger partial charge in [-0.25, -0.2) is 0 Å². The van der Waals surface area contributed by atoms with Crippen LogP contribution in [0.2, 0.25) is 0 Å². The maximum atomic E-state index is 12.8. The van der Waals surface area contributed by atoms with E-state index in [1.807, 2.05) is 31.2 Å². The van der Waals surface area contributed by atoms with E-state index in [-0.39, 0.29) is 12.5 Å². The summed E-state index contributed by atoms with van der Waals surface area (Å²) in [5, 5.41) is 8.10. The lowest BCUT2D eigenvalue weighted by molar-refractivity contribution is 0.0769. The van der Waals surface area contributed by atoms with Gasteiger partial charge in [0, 0.05) is 12.6 Å². The molecule has 1 aromatic heterocycles. The first kappa shape index (κ1) is 18.4. The molecule has 0 aliphatic heterocycles. The molecule has 0 bridgehead atoms. The van der Waals surface area contributed by atoms with Gasteiger partial charge in [-0.15, -0.1) is 10.2 Å². The molecule has 1 amide bonds. The number of hydrogen-bond acceptors (Lipinski definition) is 6. The summed E-state index contributed by atoms with van der Waals surface area (Å²) in [6.07, 6.45) is 0. The number of hydrogen-bond donors (Lipinski definition) is 0. The fourth-order valence-corrected chi connectivity index (χ4v) is 2.67. The van der Waals surface area contributed by atoms with Gasteiger partial charge in [-0.3, -0.25) is 4.79 Å². The summed E-state index contributed by atoms with van der Waals surface area (Å²) < 4.78 is 16.3. The SMILES string of the molecule is COc1cccc(C(=O)N(C)Cc2nnc(-c3ccc(C)cc3)o2)c1OC. The third-order valence-electron chi connectivity index (χ3n) is 4.12. The molecule has 0 aliphatic carbocycles. The molecule has 0 aliphatic rings. The number of aryl methyl sites for hydroxylation is 1. The van der Waals surface area contributed by atoms with Gasteiger partial charge in [0.15, 0.2) is 11.5 Å². The molecule has 27 heavy (non-hydrogen) atoms. The Labute approximate surface area is 157 Å². The van der Waals surface area contributed by atoms with Crippen LogP contribution in [-0.2, 0) is 6.54 Å². The second-order valence-corrected chi connectivity index (χ2v) is 6.07. The van der Waals surface area contributed by atoms with E-state index in [9.17, 15) is 4.79 Å². The zero-order chi connectivity index (χ0) is 19.4. The number of para-hydroxylation sites is 1. The molecule has 0 atom stereocenters. The predicted molar refractivity (Wildman–Crippen MR) is 99.8 cm³/mol. The summed E-state index contributed by atoms with van der Waals surface area (Å²) in [6, 6.07) is 13.0. The van der Waals surface area contributed by atoms with E-state index in [4.69, 9.17) is 13.9 Å². The average molecular weight is 367 g/mol. The van der Waals surface area contributed by atoms with Crippen LogP contribution in [0.15, 0.2) is 46.9 Å². The van der Waals surface area contributed by atoms with Gasteiger partial charge in [0.2, 0.25) is 11.8 Å². The predicted octanol–water partition coefficient (Wildman–Crippen LogP) is 3.33. The van der Waals surface area contributed by atoms with Crippen LogP contribution >= 0.6 is 0 Å². The molecule has 2 aromatic carbocycles. The smallest absolute Gasteiger partial charge is 0.257 e. The Morgan fingerprint density at radius 2 is 1.81 bits per heavy atom. The highest BCUT2D eigenvalue weighted by molar-refractivity contribution is 5.97. The lowest BCUT2D eigenvalue weighted by atomic mass is 10.1. The average Bonchev–Trinajstić information content (AvgIpc) is 3.15. The molecule has 140 valence electrons. The summed E-state index contributed by atoms with van der Waals surface area (Å²) in [7, 11) is 4.69. The number of ether oxygens (including phenoxy) is 2. The van der Waals surface area contributed by atoms with Crippen molar-refractivity contribution in [3.63, 3.8) is 0 Å². The van der Waals surface area contributed by atoms with Crippen molar-refractivity contribution in [2.75, 3.05) is 21.3 Å². The highest BCUT2D eigenvalue weighted by Gasteiger charge is 2.21. The molecule has 0 spiro atoms. The Kier molecular flexibility index (Phi) is 5.40. The van der Waals surface area contributed by atoms with E-state index in [1.165, 1.54) is 19.1 Å². The number of nitrogens with zero attached hydrogens (tertiary/aromatic N) is 3. The second kappa shape index (κ2) is 7.90. The highest BCUT2D eigenvalue weighted by atomic mass is 16.5. The molecule has 7 heteroatoms. The molecule has 7 nitrogen and oxygen atoms in total. The second-order valence-electron chi connectivity index (χ2n) is 6.07. The molecule has 1 heterocycles. The van der Waals surface area contributed by atoms with Crippen LogP contribution in [0.25, 0.3) is 11.5 Å². The van der Waals surface area contributed by atoms with E-state index in [1.54, 1.807) is 25.2 Å². The zero-order valence-electron chi connectivity index (χ0n) is 15.7. The Morgan fingerprint density at radius 3 is 2.48 bits per heavy atom.